The molecule has 0 bridgehead atoms. The first kappa shape index (κ1) is 27.3. The summed E-state index contributed by atoms with van der Waals surface area (Å²) in [4.78, 5) is 33.2. The Morgan fingerprint density at radius 3 is 2.42 bits per heavy atom. The average Bonchev–Trinajstić information content (AvgIpc) is 3.28. The van der Waals surface area contributed by atoms with E-state index in [1.165, 1.54) is 11.8 Å². The van der Waals surface area contributed by atoms with E-state index >= 15 is 0 Å². The Labute approximate surface area is 227 Å². The molecule has 4 rings (SSSR count). The van der Waals surface area contributed by atoms with Gasteiger partial charge in [-0.1, -0.05) is 48.2 Å². The van der Waals surface area contributed by atoms with Gasteiger partial charge in [-0.05, 0) is 56.4 Å². The lowest BCUT2D eigenvalue weighted by Gasteiger charge is -2.36. The van der Waals surface area contributed by atoms with E-state index in [9.17, 15) is 9.59 Å². The maximum absolute atomic E-state index is 13.4. The smallest absolute Gasteiger partial charge is 0.338 e. The van der Waals surface area contributed by atoms with Crippen molar-refractivity contribution in [1.29, 1.82) is 0 Å². The Kier molecular flexibility index (Phi) is 8.46. The van der Waals surface area contributed by atoms with E-state index < -0.39 is 12.0 Å². The number of thioether (sulfide) groups is 1. The van der Waals surface area contributed by atoms with Crippen molar-refractivity contribution < 1.29 is 23.8 Å². The summed E-state index contributed by atoms with van der Waals surface area (Å²) in [6.45, 7) is 7.39. The molecule has 2 aromatic carbocycles. The quantitative estimate of drug-likeness (QED) is 0.424. The molecule has 0 aliphatic carbocycles. The second-order valence-corrected chi connectivity index (χ2v) is 10.2. The zero-order valence-electron chi connectivity index (χ0n) is 22.5. The van der Waals surface area contributed by atoms with Crippen molar-refractivity contribution >= 4 is 28.8 Å². The Morgan fingerprint density at radius 1 is 1.05 bits per heavy atom. The van der Waals surface area contributed by atoms with E-state index in [1.807, 2.05) is 80.5 Å². The molecule has 38 heavy (non-hydrogen) atoms. The van der Waals surface area contributed by atoms with Gasteiger partial charge in [-0.3, -0.25) is 4.79 Å². The monoisotopic (exact) mass is 535 g/mol. The Morgan fingerprint density at radius 2 is 1.76 bits per heavy atom. The highest BCUT2D eigenvalue weighted by Gasteiger charge is 2.41. The van der Waals surface area contributed by atoms with E-state index in [1.54, 1.807) is 20.3 Å². The highest BCUT2D eigenvalue weighted by molar-refractivity contribution is 8.16. The Hall–Kier alpha value is -3.72. The van der Waals surface area contributed by atoms with Gasteiger partial charge in [-0.15, -0.1) is 0 Å². The molecule has 2 aliphatic heterocycles. The summed E-state index contributed by atoms with van der Waals surface area (Å²) in [6.07, 6.45) is -0.175. The van der Waals surface area contributed by atoms with Gasteiger partial charge in [0.2, 0.25) is 5.91 Å². The molecule has 0 saturated carbocycles. The number of rotatable bonds is 9. The predicted molar refractivity (Wildman–Crippen MR) is 149 cm³/mol. The minimum atomic E-state index is -0.561. The van der Waals surface area contributed by atoms with Crippen LogP contribution >= 0.6 is 11.8 Å². The fourth-order valence-electron chi connectivity index (χ4n) is 4.53. The molecule has 0 unspecified atom stereocenters. The largest absolute Gasteiger partial charge is 0.493 e. The lowest BCUT2D eigenvalue weighted by atomic mass is 9.93. The van der Waals surface area contributed by atoms with Crippen LogP contribution in [0, 0.1) is 0 Å². The number of hydrogen-bond donors (Lipinski definition) is 1. The van der Waals surface area contributed by atoms with Gasteiger partial charge in [0.25, 0.3) is 0 Å². The summed E-state index contributed by atoms with van der Waals surface area (Å²) >= 11 is 1.43. The molecule has 2 atom stereocenters. The first-order chi connectivity index (χ1) is 18.2. The number of amidine groups is 1. The third-order valence-electron chi connectivity index (χ3n) is 6.31. The van der Waals surface area contributed by atoms with E-state index in [0.717, 1.165) is 16.8 Å². The highest BCUT2D eigenvalue weighted by atomic mass is 32.2. The molecule has 9 heteroatoms. The summed E-state index contributed by atoms with van der Waals surface area (Å²) in [6, 6.07) is 14.7. The zero-order chi connectivity index (χ0) is 27.4. The summed E-state index contributed by atoms with van der Waals surface area (Å²) in [5, 5.41) is 5.70. The van der Waals surface area contributed by atoms with E-state index in [4.69, 9.17) is 19.2 Å². The third-order valence-corrected chi connectivity index (χ3v) is 7.19. The van der Waals surface area contributed by atoms with Crippen LogP contribution in [0.2, 0.25) is 0 Å². The number of carbonyl (C=O) groups excluding carboxylic acids is 2. The number of fused-ring (bicyclic) bond motifs is 1. The maximum Gasteiger partial charge on any atom is 0.338 e. The molecule has 0 fully saturated rings. The molecule has 8 nitrogen and oxygen atoms in total. The molecule has 1 amide bonds. The molecule has 2 aliphatic rings. The van der Waals surface area contributed by atoms with Gasteiger partial charge in [0, 0.05) is 5.70 Å². The fourth-order valence-corrected chi connectivity index (χ4v) is 5.49. The van der Waals surface area contributed by atoms with Gasteiger partial charge in [-0.25, -0.2) is 9.79 Å². The molecular formula is C29H33N3O5S. The average molecular weight is 536 g/mol. The van der Waals surface area contributed by atoms with Gasteiger partial charge in [0.05, 0.1) is 50.1 Å². The molecule has 0 aromatic heterocycles. The Bertz CT molecular complexity index is 1300. The SMILES string of the molecule is COc1ccc([C@@H]2C(C(=O)OC(C)C)=C(C)N=C3SC=C(CC(=O)N[C@H](C)c4ccccc4)N32)cc1OC. The van der Waals surface area contributed by atoms with Crippen molar-refractivity contribution in [2.75, 3.05) is 14.2 Å². The molecule has 1 N–H and O–H groups in total. The van der Waals surface area contributed by atoms with Crippen LogP contribution in [-0.4, -0.2) is 42.3 Å². The molecule has 0 saturated heterocycles. The highest BCUT2D eigenvalue weighted by Crippen LogP contribution is 2.46. The lowest BCUT2D eigenvalue weighted by molar-refractivity contribution is -0.143. The van der Waals surface area contributed by atoms with E-state index in [-0.39, 0.29) is 24.5 Å². The maximum atomic E-state index is 13.4. The van der Waals surface area contributed by atoms with Crippen LogP contribution < -0.4 is 14.8 Å². The molecule has 0 radical (unpaired) electrons. The van der Waals surface area contributed by atoms with Crippen molar-refractivity contribution in [1.82, 2.24) is 10.2 Å². The van der Waals surface area contributed by atoms with Gasteiger partial charge >= 0.3 is 5.97 Å². The van der Waals surface area contributed by atoms with E-state index in [2.05, 4.69) is 5.32 Å². The second kappa shape index (κ2) is 11.8. The summed E-state index contributed by atoms with van der Waals surface area (Å²) < 4.78 is 16.6. The lowest BCUT2D eigenvalue weighted by Crippen LogP contribution is -2.38. The van der Waals surface area contributed by atoms with Gasteiger partial charge in [0.15, 0.2) is 16.7 Å². The van der Waals surface area contributed by atoms with Crippen LogP contribution in [0.5, 0.6) is 11.5 Å². The summed E-state index contributed by atoms with van der Waals surface area (Å²) in [7, 11) is 3.14. The van der Waals surface area contributed by atoms with E-state index in [0.29, 0.717) is 27.9 Å². The third kappa shape index (κ3) is 5.72. The Balaban J connectivity index is 1.68. The molecule has 2 heterocycles. The number of hydrogen-bond acceptors (Lipinski definition) is 8. The van der Waals surface area contributed by atoms with Crippen molar-refractivity contribution in [2.24, 2.45) is 4.99 Å². The number of carbonyl (C=O) groups is 2. The topological polar surface area (TPSA) is 89.5 Å². The normalized spacial score (nSPS) is 17.4. The van der Waals surface area contributed by atoms with Crippen molar-refractivity contribution in [3.8, 4) is 11.5 Å². The molecule has 0 spiro atoms. The van der Waals surface area contributed by atoms with Crippen LogP contribution in [0.3, 0.4) is 0 Å². The number of esters is 1. The second-order valence-electron chi connectivity index (χ2n) is 9.34. The zero-order valence-corrected chi connectivity index (χ0v) is 23.3. The standard InChI is InChI=1S/C29H33N3O5S/c1-17(2)37-28(34)26-19(4)31-29-32(27(26)21-12-13-23(35-5)24(14-21)36-6)22(16-38-29)15-25(33)30-18(3)20-10-8-7-9-11-20/h7-14,16-18,27H,15H2,1-6H3,(H,30,33)/t18-,27-/m1/s1. The molecular weight excluding hydrogens is 502 g/mol. The van der Waals surface area contributed by atoms with Gasteiger partial charge in [-0.2, -0.15) is 0 Å². The first-order valence-electron chi connectivity index (χ1n) is 12.4. The molecule has 2 aromatic rings. The first-order valence-corrected chi connectivity index (χ1v) is 13.3. The minimum Gasteiger partial charge on any atom is -0.493 e. The van der Waals surface area contributed by atoms with Gasteiger partial charge in [0.1, 0.15) is 0 Å². The number of ether oxygens (including phenoxy) is 3. The van der Waals surface area contributed by atoms with Crippen molar-refractivity contribution in [2.45, 2.75) is 52.3 Å². The summed E-state index contributed by atoms with van der Waals surface area (Å²) in [5.41, 5.74) is 3.55. The number of nitrogens with zero attached hydrogens (tertiary/aromatic N) is 2. The van der Waals surface area contributed by atoms with Crippen LogP contribution in [0.15, 0.2) is 75.9 Å². The predicted octanol–water partition coefficient (Wildman–Crippen LogP) is 5.50. The number of benzene rings is 2. The summed E-state index contributed by atoms with van der Waals surface area (Å²) in [5.74, 6) is 0.542. The number of amides is 1. The minimum absolute atomic E-state index is 0.124. The number of aliphatic imine (C=N–C) groups is 1. The van der Waals surface area contributed by atoms with Crippen LogP contribution in [0.25, 0.3) is 0 Å². The van der Waals surface area contributed by atoms with Crippen LogP contribution in [0.1, 0.15) is 57.3 Å². The fraction of sp³-hybridized carbons (Fsp3) is 0.345. The number of nitrogens with one attached hydrogen (secondary N) is 1. The van der Waals surface area contributed by atoms with Crippen molar-refractivity contribution in [3.63, 3.8) is 0 Å². The van der Waals surface area contributed by atoms with Crippen molar-refractivity contribution in [3.05, 3.63) is 82.0 Å². The van der Waals surface area contributed by atoms with Gasteiger partial charge < -0.3 is 24.4 Å². The van der Waals surface area contributed by atoms with Crippen LogP contribution in [-0.2, 0) is 14.3 Å². The number of methoxy groups -OCH3 is 2. The number of allylic oxidation sites excluding steroid dienone is 1. The molecule has 200 valence electrons. The van der Waals surface area contributed by atoms with Crippen LogP contribution in [0.4, 0.5) is 0 Å².